The summed E-state index contributed by atoms with van der Waals surface area (Å²) in [5, 5.41) is 36.1. The number of nitrogens with zero attached hydrogens (tertiary/aromatic N) is 2. The molecule has 0 bridgehead atoms. The molecule has 2 aliphatic heterocycles. The lowest BCUT2D eigenvalue weighted by Gasteiger charge is -2.46. The molecule has 12 heteroatoms. The van der Waals surface area contributed by atoms with Crippen LogP contribution in [-0.4, -0.2) is 87.3 Å². The van der Waals surface area contributed by atoms with E-state index in [2.05, 4.69) is 5.32 Å². The molecule has 2 heterocycles. The summed E-state index contributed by atoms with van der Waals surface area (Å²) < 4.78 is 15.5. The van der Waals surface area contributed by atoms with Gasteiger partial charge >= 0.3 is 0 Å². The summed E-state index contributed by atoms with van der Waals surface area (Å²) in [5.74, 6) is -8.32. The number of aliphatic hydroxyl groups is 2. The molecular formula is C29H33FN4O7. The first-order valence-corrected chi connectivity index (χ1v) is 14.1. The standard InChI is InChI=1S/C29H33FN4O7/c30-16-11-17(32-18(35)12-33-5-1-2-6-33)24(36)20-14(16)9-13-10-15-21(26(38)19(13)25(20)37)27(39)22(29(31)41)28(40)23(15)34-7-3-4-8-34/h11,13,15,21,23,36,38,40H,1-10,12H2,(H2,31,41)(H,32,35)/t13-,15+,21+,23-/m0/s1. The van der Waals surface area contributed by atoms with Gasteiger partial charge in [-0.05, 0) is 76.5 Å². The second-order valence-corrected chi connectivity index (χ2v) is 11.7. The number of ketones is 2. The highest BCUT2D eigenvalue weighted by Crippen LogP contribution is 2.51. The first-order chi connectivity index (χ1) is 19.6. The topological polar surface area (TPSA) is 173 Å². The number of likely N-dealkylation sites (tertiary alicyclic amines) is 2. The van der Waals surface area contributed by atoms with Crippen molar-refractivity contribution in [1.29, 1.82) is 0 Å². The van der Waals surface area contributed by atoms with Gasteiger partial charge in [-0.3, -0.25) is 29.0 Å². The van der Waals surface area contributed by atoms with Crippen LogP contribution in [-0.2, 0) is 20.8 Å². The molecule has 2 amide bonds. The smallest absolute Gasteiger partial charge is 0.255 e. The number of hydrogen-bond acceptors (Lipinski definition) is 9. The largest absolute Gasteiger partial charge is 0.511 e. The molecule has 0 aromatic heterocycles. The molecular weight excluding hydrogens is 535 g/mol. The van der Waals surface area contributed by atoms with E-state index in [4.69, 9.17) is 5.73 Å². The molecule has 0 spiro atoms. The monoisotopic (exact) mass is 568 g/mol. The normalized spacial score (nSPS) is 28.5. The lowest BCUT2D eigenvalue weighted by atomic mass is 9.61. The highest BCUT2D eigenvalue weighted by Gasteiger charge is 2.55. The number of rotatable bonds is 5. The van der Waals surface area contributed by atoms with Gasteiger partial charge in [-0.1, -0.05) is 0 Å². The third-order valence-electron chi connectivity index (χ3n) is 9.33. The van der Waals surface area contributed by atoms with Crippen molar-refractivity contribution in [3.63, 3.8) is 0 Å². The quantitative estimate of drug-likeness (QED) is 0.262. The summed E-state index contributed by atoms with van der Waals surface area (Å²) in [5.41, 5.74) is 4.09. The van der Waals surface area contributed by atoms with E-state index >= 15 is 4.39 Å². The SMILES string of the molecule is NC(=O)C1=C(O)[C@@H](N2CCCC2)[C@@H]2C[C@@H]3Cc4c(F)cc(NC(=O)CN5CCCC5)c(O)c4C(=O)C3=C(O)[C@@H]2C1=O. The number of amides is 2. The zero-order chi connectivity index (χ0) is 29.2. The Morgan fingerprint density at radius 1 is 1.02 bits per heavy atom. The number of hydrogen-bond donors (Lipinski definition) is 5. The molecule has 1 aromatic rings. The highest BCUT2D eigenvalue weighted by atomic mass is 19.1. The highest BCUT2D eigenvalue weighted by molar-refractivity contribution is 6.22. The third-order valence-corrected chi connectivity index (χ3v) is 9.33. The Hall–Kier alpha value is -3.77. The number of aliphatic hydroxyl groups excluding tert-OH is 2. The van der Waals surface area contributed by atoms with Gasteiger partial charge in [-0.15, -0.1) is 0 Å². The van der Waals surface area contributed by atoms with Crippen molar-refractivity contribution in [2.24, 2.45) is 23.5 Å². The summed E-state index contributed by atoms with van der Waals surface area (Å²) in [6.07, 6.45) is 3.76. The molecule has 0 unspecified atom stereocenters. The van der Waals surface area contributed by atoms with E-state index in [9.17, 15) is 34.5 Å². The minimum atomic E-state index is -1.30. The number of benzene rings is 1. The first kappa shape index (κ1) is 27.4. The van der Waals surface area contributed by atoms with Gasteiger partial charge in [0.05, 0.1) is 29.8 Å². The number of allylic oxidation sites excluding steroid dienone is 2. The summed E-state index contributed by atoms with van der Waals surface area (Å²) >= 11 is 0. The van der Waals surface area contributed by atoms with Crippen molar-refractivity contribution in [2.75, 3.05) is 38.0 Å². The van der Waals surface area contributed by atoms with Crippen molar-refractivity contribution in [1.82, 2.24) is 9.80 Å². The molecule has 2 fully saturated rings. The molecule has 6 rings (SSSR count). The van der Waals surface area contributed by atoms with E-state index in [1.165, 1.54) is 0 Å². The van der Waals surface area contributed by atoms with Gasteiger partial charge in [0.2, 0.25) is 5.91 Å². The van der Waals surface area contributed by atoms with Crippen LogP contribution in [0.4, 0.5) is 10.1 Å². The fraction of sp³-hybridized carbons (Fsp3) is 0.517. The average Bonchev–Trinajstić information content (AvgIpc) is 3.61. The van der Waals surface area contributed by atoms with Crippen molar-refractivity contribution in [3.05, 3.63) is 45.7 Å². The number of aromatic hydroxyl groups is 1. The summed E-state index contributed by atoms with van der Waals surface area (Å²) in [6.45, 7) is 2.80. The number of carbonyl (C=O) groups is 4. The average molecular weight is 569 g/mol. The van der Waals surface area contributed by atoms with Gasteiger partial charge in [0, 0.05) is 17.2 Å². The Kier molecular flexibility index (Phi) is 6.85. The second kappa shape index (κ2) is 10.3. The number of fused-ring (bicyclic) bond motifs is 3. The number of phenols is 1. The number of anilines is 1. The van der Waals surface area contributed by atoms with E-state index in [1.807, 2.05) is 9.80 Å². The number of halogens is 1. The Bertz CT molecular complexity index is 1420. The van der Waals surface area contributed by atoms with E-state index in [-0.39, 0.29) is 41.8 Å². The Labute approximate surface area is 235 Å². The summed E-state index contributed by atoms with van der Waals surface area (Å²) in [6, 6.07) is 0.225. The van der Waals surface area contributed by atoms with Crippen LogP contribution in [0.25, 0.3) is 0 Å². The maximum Gasteiger partial charge on any atom is 0.255 e. The van der Waals surface area contributed by atoms with Crippen LogP contribution in [0.2, 0.25) is 0 Å². The number of phenolic OH excluding ortho intramolecular Hbond substituents is 1. The van der Waals surface area contributed by atoms with E-state index in [0.29, 0.717) is 13.1 Å². The minimum absolute atomic E-state index is 0.0394. The molecule has 11 nitrogen and oxygen atoms in total. The third kappa shape index (κ3) is 4.40. The van der Waals surface area contributed by atoms with Gasteiger partial charge in [0.1, 0.15) is 22.9 Å². The van der Waals surface area contributed by atoms with E-state index in [0.717, 1.165) is 44.8 Å². The predicted molar refractivity (Wildman–Crippen MR) is 144 cm³/mol. The van der Waals surface area contributed by atoms with Crippen molar-refractivity contribution >= 4 is 29.1 Å². The van der Waals surface area contributed by atoms with Crippen molar-refractivity contribution in [3.8, 4) is 5.75 Å². The van der Waals surface area contributed by atoms with Gasteiger partial charge < -0.3 is 26.4 Å². The summed E-state index contributed by atoms with van der Waals surface area (Å²) in [4.78, 5) is 55.9. The number of Topliss-reactive ketones (excluding diaryl/α,β-unsaturated/α-hetero) is 2. The number of carbonyl (C=O) groups excluding carboxylic acids is 4. The van der Waals surface area contributed by atoms with Crippen LogP contribution >= 0.6 is 0 Å². The molecule has 0 radical (unpaired) electrons. The fourth-order valence-electron chi connectivity index (χ4n) is 7.56. The lowest BCUT2D eigenvalue weighted by Crippen LogP contribution is -2.54. The first-order valence-electron chi connectivity index (χ1n) is 14.1. The van der Waals surface area contributed by atoms with Crippen molar-refractivity contribution in [2.45, 2.75) is 44.6 Å². The maximum atomic E-state index is 15.5. The fourth-order valence-corrected chi connectivity index (χ4v) is 7.56. The molecule has 4 atom stereocenters. The molecule has 2 saturated heterocycles. The lowest BCUT2D eigenvalue weighted by molar-refractivity contribution is -0.127. The molecule has 1 aromatic carbocycles. The second-order valence-electron chi connectivity index (χ2n) is 11.7. The molecule has 0 saturated carbocycles. The molecule has 41 heavy (non-hydrogen) atoms. The number of primary amides is 1. The Morgan fingerprint density at radius 2 is 1.68 bits per heavy atom. The zero-order valence-corrected chi connectivity index (χ0v) is 22.5. The van der Waals surface area contributed by atoms with E-state index < -0.39 is 75.8 Å². The van der Waals surface area contributed by atoms with Crippen LogP contribution in [0.3, 0.4) is 0 Å². The van der Waals surface area contributed by atoms with Crippen LogP contribution < -0.4 is 11.1 Å². The van der Waals surface area contributed by atoms with Crippen LogP contribution in [0.1, 0.15) is 48.0 Å². The Balaban J connectivity index is 1.38. The Morgan fingerprint density at radius 3 is 2.34 bits per heavy atom. The maximum absolute atomic E-state index is 15.5. The molecule has 218 valence electrons. The molecule has 5 aliphatic rings. The molecule has 3 aliphatic carbocycles. The summed E-state index contributed by atoms with van der Waals surface area (Å²) in [7, 11) is 0. The number of nitrogens with two attached hydrogens (primary N) is 1. The predicted octanol–water partition coefficient (Wildman–Crippen LogP) is 1.71. The van der Waals surface area contributed by atoms with Gasteiger partial charge in [-0.2, -0.15) is 0 Å². The van der Waals surface area contributed by atoms with E-state index in [1.54, 1.807) is 0 Å². The minimum Gasteiger partial charge on any atom is -0.511 e. The van der Waals surface area contributed by atoms with Crippen LogP contribution in [0.15, 0.2) is 28.7 Å². The van der Waals surface area contributed by atoms with Gasteiger partial charge in [0.25, 0.3) is 5.91 Å². The van der Waals surface area contributed by atoms with Gasteiger partial charge in [0.15, 0.2) is 17.3 Å². The zero-order valence-electron chi connectivity index (χ0n) is 22.5. The van der Waals surface area contributed by atoms with Gasteiger partial charge in [-0.25, -0.2) is 4.39 Å². The van der Waals surface area contributed by atoms with Crippen molar-refractivity contribution < 1.29 is 38.9 Å². The van der Waals surface area contributed by atoms with Crippen LogP contribution in [0.5, 0.6) is 5.75 Å². The number of nitrogens with one attached hydrogen (secondary N) is 1. The molecule has 6 N–H and O–H groups in total. The van der Waals surface area contributed by atoms with Crippen LogP contribution in [0, 0.1) is 23.6 Å².